The molecule has 4 rings (SSSR count). The Hall–Kier alpha value is -2.07. The van der Waals surface area contributed by atoms with Crippen molar-refractivity contribution in [1.29, 1.82) is 0 Å². The van der Waals surface area contributed by atoms with Crippen molar-refractivity contribution >= 4 is 32.3 Å². The van der Waals surface area contributed by atoms with Crippen molar-refractivity contribution in [2.24, 2.45) is 0 Å². The predicted octanol–water partition coefficient (Wildman–Crippen LogP) is 5.73. The molecule has 24 heavy (non-hydrogen) atoms. The first-order valence-electron chi connectivity index (χ1n) is 8.20. The Bertz CT molecular complexity index is 1040. The molecule has 0 N–H and O–H groups in total. The van der Waals surface area contributed by atoms with E-state index in [9.17, 15) is 4.79 Å². The molecule has 4 heteroatoms. The Morgan fingerprint density at radius 1 is 1.08 bits per heavy atom. The Balaban J connectivity index is 2.14. The van der Waals surface area contributed by atoms with Gasteiger partial charge in [-0.2, -0.15) is 0 Å². The second-order valence-corrected chi connectivity index (χ2v) is 6.89. The third-order valence-corrected chi connectivity index (χ3v) is 5.08. The summed E-state index contributed by atoms with van der Waals surface area (Å²) in [5, 5.41) is 1.46. The highest BCUT2D eigenvalue weighted by molar-refractivity contribution is 9.10. The molecule has 0 aliphatic heterocycles. The number of hydrogen-bond acceptors (Lipinski definition) is 3. The molecule has 0 saturated carbocycles. The van der Waals surface area contributed by atoms with Crippen molar-refractivity contribution in [3.05, 3.63) is 62.3 Å². The average Bonchev–Trinajstić information content (AvgIpc) is 2.94. The van der Waals surface area contributed by atoms with Crippen molar-refractivity contribution in [3.8, 4) is 11.3 Å². The minimum Gasteiger partial charge on any atom is -0.460 e. The van der Waals surface area contributed by atoms with E-state index in [-0.39, 0.29) is 5.63 Å². The lowest BCUT2D eigenvalue weighted by atomic mass is 9.99. The van der Waals surface area contributed by atoms with Crippen molar-refractivity contribution in [2.75, 3.05) is 0 Å². The second-order valence-electron chi connectivity index (χ2n) is 5.97. The fourth-order valence-electron chi connectivity index (χ4n) is 3.37. The van der Waals surface area contributed by atoms with Crippen LogP contribution in [0.15, 0.2) is 48.4 Å². The fraction of sp³-hybridized carbons (Fsp3) is 0.250. The van der Waals surface area contributed by atoms with E-state index in [1.807, 2.05) is 18.2 Å². The van der Waals surface area contributed by atoms with E-state index in [0.29, 0.717) is 17.6 Å². The quantitative estimate of drug-likeness (QED) is 0.566. The van der Waals surface area contributed by atoms with Crippen LogP contribution in [0.25, 0.3) is 27.7 Å². The van der Waals surface area contributed by atoms with Gasteiger partial charge in [-0.1, -0.05) is 41.9 Å². The lowest BCUT2D eigenvalue weighted by molar-refractivity contribution is 0.474. The van der Waals surface area contributed by atoms with Gasteiger partial charge < -0.3 is 8.83 Å². The molecule has 1 aromatic carbocycles. The van der Waals surface area contributed by atoms with Crippen molar-refractivity contribution in [3.63, 3.8) is 0 Å². The summed E-state index contributed by atoms with van der Waals surface area (Å²) >= 11 is 3.43. The number of allylic oxidation sites excluding steroid dienone is 2. The highest BCUT2D eigenvalue weighted by Gasteiger charge is 2.25. The number of aryl methyl sites for hydroxylation is 1. The normalized spacial score (nSPS) is 13.4. The number of benzene rings is 1. The van der Waals surface area contributed by atoms with Crippen molar-refractivity contribution < 1.29 is 8.83 Å². The van der Waals surface area contributed by atoms with Crippen LogP contribution in [-0.2, 0) is 12.8 Å². The summed E-state index contributed by atoms with van der Waals surface area (Å²) in [7, 11) is 0. The predicted molar refractivity (Wildman–Crippen MR) is 99.2 cm³/mol. The molecular weight excluding hydrogens is 368 g/mol. The molecule has 0 fully saturated rings. The molecular formula is C20H17BrO3. The zero-order valence-corrected chi connectivity index (χ0v) is 15.2. The van der Waals surface area contributed by atoms with Crippen molar-refractivity contribution in [1.82, 2.24) is 0 Å². The van der Waals surface area contributed by atoms with Gasteiger partial charge in [0.2, 0.25) is 0 Å². The van der Waals surface area contributed by atoms with E-state index < -0.39 is 0 Å². The molecule has 0 amide bonds. The van der Waals surface area contributed by atoms with Gasteiger partial charge in [0.25, 0.3) is 0 Å². The van der Waals surface area contributed by atoms with E-state index in [0.717, 1.165) is 45.3 Å². The lowest BCUT2D eigenvalue weighted by Crippen LogP contribution is -2.04. The summed E-state index contributed by atoms with van der Waals surface area (Å²) in [6, 6.07) is 7.84. The molecule has 0 atom stereocenters. The molecule has 1 aliphatic carbocycles. The van der Waals surface area contributed by atoms with Crippen LogP contribution in [0.5, 0.6) is 0 Å². The number of halogens is 1. The van der Waals surface area contributed by atoms with Crippen molar-refractivity contribution in [2.45, 2.75) is 33.1 Å². The van der Waals surface area contributed by atoms with E-state index in [1.54, 1.807) is 0 Å². The number of furan rings is 1. The summed E-state index contributed by atoms with van der Waals surface area (Å²) in [6.07, 6.45) is 4.50. The molecule has 2 aromatic heterocycles. The van der Waals surface area contributed by atoms with E-state index in [2.05, 4.69) is 41.9 Å². The Labute approximate surface area is 148 Å². The van der Waals surface area contributed by atoms with Crippen LogP contribution in [0.1, 0.15) is 37.4 Å². The molecule has 3 nitrogen and oxygen atoms in total. The zero-order valence-electron chi connectivity index (χ0n) is 13.6. The molecule has 122 valence electrons. The SMILES string of the molecule is CCC1=CCc2oc(=O)c3cc(Br)ccc3c2-c2oc(CC)cc21. The fourth-order valence-corrected chi connectivity index (χ4v) is 3.73. The highest BCUT2D eigenvalue weighted by atomic mass is 79.9. The molecule has 0 unspecified atom stereocenters. The van der Waals surface area contributed by atoms with Gasteiger partial charge in [0, 0.05) is 28.3 Å². The largest absolute Gasteiger partial charge is 0.460 e. The Kier molecular flexibility index (Phi) is 3.72. The minimum atomic E-state index is -0.304. The number of rotatable bonds is 2. The van der Waals surface area contributed by atoms with E-state index in [1.165, 1.54) is 5.57 Å². The van der Waals surface area contributed by atoms with Crippen LogP contribution in [-0.4, -0.2) is 0 Å². The molecule has 0 saturated heterocycles. The molecule has 2 heterocycles. The summed E-state index contributed by atoms with van der Waals surface area (Å²) in [5.41, 5.74) is 2.96. The van der Waals surface area contributed by atoms with Gasteiger partial charge >= 0.3 is 5.63 Å². The minimum absolute atomic E-state index is 0.304. The maximum atomic E-state index is 12.4. The van der Waals surface area contributed by atoms with Gasteiger partial charge in [-0.25, -0.2) is 4.79 Å². The van der Waals surface area contributed by atoms with Gasteiger partial charge in [-0.05, 0) is 30.2 Å². The smallest absolute Gasteiger partial charge is 0.343 e. The van der Waals surface area contributed by atoms with Crippen LogP contribution in [0.3, 0.4) is 0 Å². The van der Waals surface area contributed by atoms with Gasteiger partial charge in [-0.15, -0.1) is 0 Å². The standard InChI is InChI=1S/C20H17BrO3/c1-3-11-5-8-17-18(19-15(11)10-13(4-2)23-19)14-7-6-12(21)9-16(14)20(22)24-17/h5-7,9-10H,3-4,8H2,1-2H3. The zero-order chi connectivity index (χ0) is 16.8. The monoisotopic (exact) mass is 384 g/mol. The molecule has 0 bridgehead atoms. The number of fused-ring (bicyclic) bond motifs is 5. The lowest BCUT2D eigenvalue weighted by Gasteiger charge is -2.09. The van der Waals surface area contributed by atoms with E-state index >= 15 is 0 Å². The maximum absolute atomic E-state index is 12.4. The Morgan fingerprint density at radius 2 is 1.92 bits per heavy atom. The third-order valence-electron chi connectivity index (χ3n) is 4.58. The van der Waals surface area contributed by atoms with Crippen LogP contribution < -0.4 is 5.63 Å². The van der Waals surface area contributed by atoms with Gasteiger partial charge in [0.1, 0.15) is 17.3 Å². The second kappa shape index (κ2) is 5.78. The topological polar surface area (TPSA) is 43.4 Å². The Morgan fingerprint density at radius 3 is 2.67 bits per heavy atom. The first kappa shape index (κ1) is 15.5. The first-order valence-corrected chi connectivity index (χ1v) is 8.99. The molecule has 1 aliphatic rings. The van der Waals surface area contributed by atoms with Gasteiger partial charge in [-0.3, -0.25) is 0 Å². The highest BCUT2D eigenvalue weighted by Crippen LogP contribution is 2.41. The molecule has 0 spiro atoms. The summed E-state index contributed by atoms with van der Waals surface area (Å²) in [5.74, 6) is 2.45. The summed E-state index contributed by atoms with van der Waals surface area (Å²) in [6.45, 7) is 4.21. The number of hydrogen-bond donors (Lipinski definition) is 0. The van der Waals surface area contributed by atoms with Crippen LogP contribution in [0.4, 0.5) is 0 Å². The third kappa shape index (κ3) is 2.28. The first-order chi connectivity index (χ1) is 11.6. The van der Waals surface area contributed by atoms with Crippen LogP contribution >= 0.6 is 15.9 Å². The van der Waals surface area contributed by atoms with Crippen LogP contribution in [0.2, 0.25) is 0 Å². The molecule has 3 aromatic rings. The summed E-state index contributed by atoms with van der Waals surface area (Å²) < 4.78 is 12.7. The van der Waals surface area contributed by atoms with Crippen LogP contribution in [0, 0.1) is 0 Å². The average molecular weight is 385 g/mol. The molecule has 0 radical (unpaired) electrons. The van der Waals surface area contributed by atoms with Gasteiger partial charge in [0.05, 0.1) is 10.9 Å². The van der Waals surface area contributed by atoms with Gasteiger partial charge in [0.15, 0.2) is 0 Å². The van der Waals surface area contributed by atoms with E-state index in [4.69, 9.17) is 8.83 Å². The maximum Gasteiger partial charge on any atom is 0.343 e. The summed E-state index contributed by atoms with van der Waals surface area (Å²) in [4.78, 5) is 12.4.